The number of nitrogens with zero attached hydrogens (tertiary/aromatic N) is 2. The molecule has 2 aromatic heterocycles. The van der Waals surface area contributed by atoms with Crippen LogP contribution in [0.3, 0.4) is 0 Å². The van der Waals surface area contributed by atoms with Gasteiger partial charge in [0.15, 0.2) is 5.13 Å². The van der Waals surface area contributed by atoms with E-state index in [-0.39, 0.29) is 12.0 Å². The molecule has 0 bridgehead atoms. The molecule has 1 aromatic carbocycles. The average Bonchev–Trinajstić information content (AvgIpc) is 3.27. The second kappa shape index (κ2) is 5.99. The molecular weight excluding hydrogens is 330 g/mol. The molecule has 7 heteroatoms. The number of carbonyl (C=O) groups is 1. The number of fused-ring (bicyclic) bond motifs is 1. The van der Waals surface area contributed by atoms with Crippen molar-refractivity contribution < 1.29 is 9.53 Å². The Labute approximate surface area is 141 Å². The Morgan fingerprint density at radius 3 is 3.09 bits per heavy atom. The van der Waals surface area contributed by atoms with E-state index >= 15 is 0 Å². The van der Waals surface area contributed by atoms with Gasteiger partial charge in [-0.25, -0.2) is 9.97 Å². The summed E-state index contributed by atoms with van der Waals surface area (Å²) in [5.74, 6) is -0.220. The Hall–Kier alpha value is -1.83. The minimum atomic E-state index is -0.220. The number of para-hydroxylation sites is 1. The monoisotopic (exact) mass is 345 g/mol. The highest BCUT2D eigenvalue weighted by Gasteiger charge is 2.22. The maximum absolute atomic E-state index is 12.4. The van der Waals surface area contributed by atoms with Crippen molar-refractivity contribution >= 4 is 43.9 Å². The number of rotatable bonds is 3. The Morgan fingerprint density at radius 2 is 2.30 bits per heavy atom. The van der Waals surface area contributed by atoms with Crippen molar-refractivity contribution in [1.82, 2.24) is 9.97 Å². The van der Waals surface area contributed by atoms with E-state index in [1.165, 1.54) is 22.7 Å². The molecular formula is C16H15N3O2S2. The summed E-state index contributed by atoms with van der Waals surface area (Å²) in [6, 6.07) is 6.02. The molecule has 1 atom stereocenters. The number of aryl methyl sites for hydroxylation is 1. The van der Waals surface area contributed by atoms with Gasteiger partial charge in [-0.2, -0.15) is 0 Å². The van der Waals surface area contributed by atoms with Crippen molar-refractivity contribution in [3.05, 3.63) is 39.8 Å². The number of anilines is 1. The van der Waals surface area contributed by atoms with Crippen LogP contribution in [0, 0.1) is 6.92 Å². The summed E-state index contributed by atoms with van der Waals surface area (Å²) in [5, 5.41) is 6.12. The third-order valence-electron chi connectivity index (χ3n) is 3.80. The summed E-state index contributed by atoms with van der Waals surface area (Å²) in [7, 11) is 0. The van der Waals surface area contributed by atoms with Gasteiger partial charge in [-0.3, -0.25) is 10.1 Å². The van der Waals surface area contributed by atoms with Crippen LogP contribution in [-0.2, 0) is 4.74 Å². The van der Waals surface area contributed by atoms with Crippen molar-refractivity contribution in [1.29, 1.82) is 0 Å². The number of ether oxygens (including phenoxy) is 1. The number of hydrogen-bond donors (Lipinski definition) is 1. The maximum Gasteiger partial charge on any atom is 0.276 e. The van der Waals surface area contributed by atoms with Gasteiger partial charge < -0.3 is 4.74 Å². The van der Waals surface area contributed by atoms with E-state index in [2.05, 4.69) is 15.3 Å². The van der Waals surface area contributed by atoms with E-state index in [4.69, 9.17) is 4.74 Å². The summed E-state index contributed by atoms with van der Waals surface area (Å²) < 4.78 is 6.68. The molecule has 118 valence electrons. The Balaban J connectivity index is 1.53. The molecule has 4 rings (SSSR count). The van der Waals surface area contributed by atoms with E-state index in [1.54, 1.807) is 5.38 Å². The molecule has 0 unspecified atom stereocenters. The summed E-state index contributed by atoms with van der Waals surface area (Å²) in [6.07, 6.45) is 2.08. The molecule has 1 N–H and O–H groups in total. The summed E-state index contributed by atoms with van der Waals surface area (Å²) in [4.78, 5) is 21.3. The van der Waals surface area contributed by atoms with Crippen molar-refractivity contribution in [3.8, 4) is 0 Å². The van der Waals surface area contributed by atoms with Crippen molar-refractivity contribution in [2.45, 2.75) is 25.9 Å². The van der Waals surface area contributed by atoms with E-state index in [9.17, 15) is 4.79 Å². The molecule has 0 radical (unpaired) electrons. The lowest BCUT2D eigenvalue weighted by Gasteiger charge is -2.03. The lowest BCUT2D eigenvalue weighted by atomic mass is 10.2. The number of benzene rings is 1. The predicted molar refractivity (Wildman–Crippen MR) is 92.4 cm³/mol. The van der Waals surface area contributed by atoms with Crippen LogP contribution in [0.25, 0.3) is 10.2 Å². The summed E-state index contributed by atoms with van der Waals surface area (Å²) in [6.45, 7) is 2.79. The number of carbonyl (C=O) groups excluding carboxylic acids is 1. The maximum atomic E-state index is 12.4. The van der Waals surface area contributed by atoms with E-state index in [0.29, 0.717) is 10.8 Å². The molecule has 3 heterocycles. The van der Waals surface area contributed by atoms with E-state index in [1.807, 2.05) is 25.1 Å². The van der Waals surface area contributed by atoms with Gasteiger partial charge in [-0.15, -0.1) is 11.3 Å². The third kappa shape index (κ3) is 2.87. The van der Waals surface area contributed by atoms with Crippen LogP contribution in [0.4, 0.5) is 5.13 Å². The van der Waals surface area contributed by atoms with Crippen LogP contribution in [0.2, 0.25) is 0 Å². The molecule has 0 saturated carbocycles. The second-order valence-electron chi connectivity index (χ2n) is 5.47. The molecule has 1 aliphatic rings. The fourth-order valence-corrected chi connectivity index (χ4v) is 4.43. The zero-order chi connectivity index (χ0) is 15.8. The number of nitrogens with one attached hydrogen (secondary N) is 1. The van der Waals surface area contributed by atoms with Gasteiger partial charge in [0.05, 0.1) is 10.2 Å². The van der Waals surface area contributed by atoms with E-state index in [0.717, 1.165) is 40.2 Å². The fraction of sp³-hybridized carbons (Fsp3) is 0.312. The minimum Gasteiger partial charge on any atom is -0.371 e. The number of aromatic nitrogens is 2. The smallest absolute Gasteiger partial charge is 0.276 e. The standard InChI is InChI=1S/C16H15N3O2S2/c1-9-4-2-6-12-13(9)18-16(23-12)19-14(20)10-8-22-15(17-10)11-5-3-7-21-11/h2,4,6,8,11H,3,5,7H2,1H3,(H,18,19,20)/t11-/m1/s1. The molecule has 1 aliphatic heterocycles. The third-order valence-corrected chi connectivity index (χ3v) is 5.67. The average molecular weight is 345 g/mol. The minimum absolute atomic E-state index is 0.0478. The molecule has 0 spiro atoms. The lowest BCUT2D eigenvalue weighted by Crippen LogP contribution is -2.12. The first-order valence-corrected chi connectivity index (χ1v) is 9.15. The van der Waals surface area contributed by atoms with Crippen LogP contribution in [0.5, 0.6) is 0 Å². The van der Waals surface area contributed by atoms with Gasteiger partial charge in [0.1, 0.15) is 16.8 Å². The van der Waals surface area contributed by atoms with Crippen molar-refractivity contribution in [3.63, 3.8) is 0 Å². The fourth-order valence-electron chi connectivity index (χ4n) is 2.61. The molecule has 0 aliphatic carbocycles. The summed E-state index contributed by atoms with van der Waals surface area (Å²) in [5.41, 5.74) is 2.47. The highest BCUT2D eigenvalue weighted by atomic mass is 32.1. The van der Waals surface area contributed by atoms with Gasteiger partial charge in [-0.1, -0.05) is 23.5 Å². The summed E-state index contributed by atoms with van der Waals surface area (Å²) >= 11 is 2.95. The zero-order valence-electron chi connectivity index (χ0n) is 12.5. The van der Waals surface area contributed by atoms with Crippen molar-refractivity contribution in [2.24, 2.45) is 0 Å². The lowest BCUT2D eigenvalue weighted by molar-refractivity contribution is 0.101. The largest absolute Gasteiger partial charge is 0.371 e. The number of thiazole rings is 2. The van der Waals surface area contributed by atoms with Crippen molar-refractivity contribution in [2.75, 3.05) is 11.9 Å². The number of hydrogen-bond acceptors (Lipinski definition) is 6. The zero-order valence-corrected chi connectivity index (χ0v) is 14.2. The topological polar surface area (TPSA) is 64.1 Å². The van der Waals surface area contributed by atoms with Crippen LogP contribution in [0.15, 0.2) is 23.6 Å². The van der Waals surface area contributed by atoms with Gasteiger partial charge in [-0.05, 0) is 31.4 Å². The Kier molecular flexibility index (Phi) is 3.84. The Morgan fingerprint density at radius 1 is 1.39 bits per heavy atom. The molecule has 3 aromatic rings. The molecule has 1 amide bonds. The quantitative estimate of drug-likeness (QED) is 0.774. The van der Waals surface area contributed by atoms with Gasteiger partial charge >= 0.3 is 0 Å². The van der Waals surface area contributed by atoms with Crippen LogP contribution in [-0.4, -0.2) is 22.5 Å². The highest BCUT2D eigenvalue weighted by molar-refractivity contribution is 7.22. The van der Waals surface area contributed by atoms with Crippen LogP contribution in [0.1, 0.15) is 40.0 Å². The highest BCUT2D eigenvalue weighted by Crippen LogP contribution is 2.31. The number of amides is 1. The second-order valence-corrected chi connectivity index (χ2v) is 7.39. The van der Waals surface area contributed by atoms with Gasteiger partial charge in [0, 0.05) is 12.0 Å². The first-order chi connectivity index (χ1) is 11.2. The SMILES string of the molecule is Cc1cccc2sc(NC(=O)c3csc([C@H]4CCCO4)n3)nc12. The van der Waals surface area contributed by atoms with Crippen LogP contribution < -0.4 is 5.32 Å². The first-order valence-electron chi connectivity index (χ1n) is 7.45. The van der Waals surface area contributed by atoms with Gasteiger partial charge in [0.2, 0.25) is 0 Å². The Bertz CT molecular complexity index is 865. The molecule has 1 saturated heterocycles. The first kappa shape index (κ1) is 14.7. The van der Waals surface area contributed by atoms with Crippen LogP contribution >= 0.6 is 22.7 Å². The molecule has 23 heavy (non-hydrogen) atoms. The molecule has 5 nitrogen and oxygen atoms in total. The predicted octanol–water partition coefficient (Wildman–Crippen LogP) is 4.17. The van der Waals surface area contributed by atoms with E-state index < -0.39 is 0 Å². The van der Waals surface area contributed by atoms with Gasteiger partial charge in [0.25, 0.3) is 5.91 Å². The normalized spacial score (nSPS) is 17.7. The molecule has 1 fully saturated rings.